The number of hydrogen-bond acceptors (Lipinski definition) is 2. The van der Waals surface area contributed by atoms with Crippen molar-refractivity contribution in [3.63, 3.8) is 0 Å². The lowest BCUT2D eigenvalue weighted by Crippen LogP contribution is -2.28. The van der Waals surface area contributed by atoms with E-state index in [1.165, 1.54) is 25.7 Å². The summed E-state index contributed by atoms with van der Waals surface area (Å²) in [6, 6.07) is 0. The molecule has 2 fully saturated rings. The van der Waals surface area contributed by atoms with E-state index in [-0.39, 0.29) is 0 Å². The molecule has 0 aromatic rings. The van der Waals surface area contributed by atoms with Crippen LogP contribution in [0.2, 0.25) is 0 Å². The Morgan fingerprint density at radius 3 is 2.73 bits per heavy atom. The zero-order valence-electron chi connectivity index (χ0n) is 6.97. The van der Waals surface area contributed by atoms with Gasteiger partial charge in [0, 0.05) is 25.6 Å². The summed E-state index contributed by atoms with van der Waals surface area (Å²) in [7, 11) is 0. The maximum absolute atomic E-state index is 9.15. The predicted molar refractivity (Wildman–Crippen MR) is 44.3 cm³/mol. The number of aliphatic hydroxyl groups is 1. The van der Waals surface area contributed by atoms with Gasteiger partial charge in [0.2, 0.25) is 0 Å². The molecule has 2 heteroatoms. The van der Waals surface area contributed by atoms with Gasteiger partial charge in [-0.2, -0.15) is 0 Å². The largest absolute Gasteiger partial charge is 0.396 e. The molecule has 0 bridgehead atoms. The van der Waals surface area contributed by atoms with Crippen LogP contribution in [0.25, 0.3) is 0 Å². The van der Waals surface area contributed by atoms with Crippen molar-refractivity contribution < 1.29 is 5.11 Å². The lowest BCUT2D eigenvalue weighted by molar-refractivity contribution is 0.137. The Morgan fingerprint density at radius 2 is 2.09 bits per heavy atom. The van der Waals surface area contributed by atoms with E-state index < -0.39 is 0 Å². The quantitative estimate of drug-likeness (QED) is 0.586. The molecule has 1 spiro atoms. The van der Waals surface area contributed by atoms with Gasteiger partial charge in [0.15, 0.2) is 0 Å². The predicted octanol–water partition coefficient (Wildman–Crippen LogP) is 0.758. The zero-order chi connectivity index (χ0) is 7.73. The van der Waals surface area contributed by atoms with Gasteiger partial charge in [-0.25, -0.2) is 0 Å². The second kappa shape index (κ2) is 2.76. The van der Waals surface area contributed by atoms with Gasteiger partial charge in [0.1, 0.15) is 0 Å². The molecule has 1 saturated carbocycles. The van der Waals surface area contributed by atoms with Crippen LogP contribution in [0.3, 0.4) is 0 Å². The van der Waals surface area contributed by atoms with Crippen molar-refractivity contribution in [1.29, 1.82) is 0 Å². The minimum Gasteiger partial charge on any atom is -0.396 e. The van der Waals surface area contributed by atoms with Gasteiger partial charge in [-0.3, -0.25) is 0 Å². The zero-order valence-corrected chi connectivity index (χ0v) is 6.97. The van der Waals surface area contributed by atoms with E-state index in [1.54, 1.807) is 0 Å². The van der Waals surface area contributed by atoms with Crippen LogP contribution in [0.4, 0.5) is 0 Å². The smallest absolute Gasteiger partial charge is 0.0477 e. The Balaban J connectivity index is 2.09. The average Bonchev–Trinajstić information content (AvgIpc) is 2.62. The highest BCUT2D eigenvalue weighted by atomic mass is 16.3. The van der Waals surface area contributed by atoms with E-state index in [0.717, 1.165) is 13.1 Å². The third kappa shape index (κ3) is 1.09. The van der Waals surface area contributed by atoms with Crippen molar-refractivity contribution in [2.24, 2.45) is 11.3 Å². The number of nitrogens with one attached hydrogen (secondary N) is 1. The van der Waals surface area contributed by atoms with Crippen molar-refractivity contribution in [3.05, 3.63) is 0 Å². The number of hydrogen-bond donors (Lipinski definition) is 2. The lowest BCUT2D eigenvalue weighted by atomic mass is 9.77. The first-order valence-electron chi connectivity index (χ1n) is 4.69. The van der Waals surface area contributed by atoms with Gasteiger partial charge in [-0.1, -0.05) is 12.8 Å². The Labute approximate surface area is 68.0 Å². The second-order valence-corrected chi connectivity index (χ2v) is 4.08. The summed E-state index contributed by atoms with van der Waals surface area (Å²) in [6.45, 7) is 2.57. The molecule has 1 heterocycles. The fraction of sp³-hybridized carbons (Fsp3) is 1.00. The molecule has 1 atom stereocenters. The summed E-state index contributed by atoms with van der Waals surface area (Å²) < 4.78 is 0. The summed E-state index contributed by atoms with van der Waals surface area (Å²) in [5.74, 6) is 0.546. The minimum atomic E-state index is 0.382. The van der Waals surface area contributed by atoms with Gasteiger partial charge in [-0.05, 0) is 18.3 Å². The molecule has 64 valence electrons. The summed E-state index contributed by atoms with van der Waals surface area (Å²) in [5, 5.41) is 12.5. The standard InChI is InChI=1S/C9H17NO/c11-6-8-5-10-7-9(8)3-1-2-4-9/h8,10-11H,1-7H2/t8-/m1/s1. The minimum absolute atomic E-state index is 0.382. The fourth-order valence-corrected chi connectivity index (χ4v) is 2.78. The van der Waals surface area contributed by atoms with E-state index in [0.29, 0.717) is 17.9 Å². The SMILES string of the molecule is OC[C@H]1CNCC12CCCC2. The third-order valence-corrected chi connectivity index (χ3v) is 3.55. The molecule has 0 aromatic carbocycles. The van der Waals surface area contributed by atoms with Gasteiger partial charge < -0.3 is 10.4 Å². The van der Waals surface area contributed by atoms with Gasteiger partial charge in [0.25, 0.3) is 0 Å². The van der Waals surface area contributed by atoms with E-state index in [4.69, 9.17) is 5.11 Å². The Bertz CT molecular complexity index is 135. The normalized spacial score (nSPS) is 35.2. The molecule has 11 heavy (non-hydrogen) atoms. The molecule has 2 nitrogen and oxygen atoms in total. The molecule has 1 aliphatic heterocycles. The van der Waals surface area contributed by atoms with Gasteiger partial charge >= 0.3 is 0 Å². The molecule has 0 aromatic heterocycles. The molecule has 2 rings (SSSR count). The van der Waals surface area contributed by atoms with Crippen LogP contribution in [0.15, 0.2) is 0 Å². The molecule has 2 aliphatic rings. The Hall–Kier alpha value is -0.0800. The van der Waals surface area contributed by atoms with Gasteiger partial charge in [-0.15, -0.1) is 0 Å². The average molecular weight is 155 g/mol. The van der Waals surface area contributed by atoms with Crippen LogP contribution >= 0.6 is 0 Å². The molecule has 0 radical (unpaired) electrons. The first kappa shape index (κ1) is 7.56. The molecular weight excluding hydrogens is 138 g/mol. The first-order chi connectivity index (χ1) is 5.37. The van der Waals surface area contributed by atoms with Crippen LogP contribution in [-0.4, -0.2) is 24.8 Å². The summed E-state index contributed by atoms with van der Waals surface area (Å²) in [6.07, 6.45) is 5.42. The molecule has 2 N–H and O–H groups in total. The molecule has 1 aliphatic carbocycles. The van der Waals surface area contributed by atoms with Crippen molar-refractivity contribution in [3.8, 4) is 0 Å². The van der Waals surface area contributed by atoms with Crippen LogP contribution in [0, 0.1) is 11.3 Å². The van der Waals surface area contributed by atoms with Crippen molar-refractivity contribution in [1.82, 2.24) is 5.32 Å². The number of rotatable bonds is 1. The highest BCUT2D eigenvalue weighted by Crippen LogP contribution is 2.45. The highest BCUT2D eigenvalue weighted by Gasteiger charge is 2.43. The second-order valence-electron chi connectivity index (χ2n) is 4.08. The highest BCUT2D eigenvalue weighted by molar-refractivity contribution is 4.97. The van der Waals surface area contributed by atoms with E-state index in [2.05, 4.69) is 5.32 Å². The molecular formula is C9H17NO. The van der Waals surface area contributed by atoms with Gasteiger partial charge in [0.05, 0.1) is 0 Å². The lowest BCUT2D eigenvalue weighted by Gasteiger charge is -2.28. The van der Waals surface area contributed by atoms with Crippen molar-refractivity contribution >= 4 is 0 Å². The Kier molecular flexibility index (Phi) is 1.90. The topological polar surface area (TPSA) is 32.3 Å². The number of aliphatic hydroxyl groups excluding tert-OH is 1. The fourth-order valence-electron chi connectivity index (χ4n) is 2.78. The van der Waals surface area contributed by atoms with E-state index in [1.807, 2.05) is 0 Å². The first-order valence-corrected chi connectivity index (χ1v) is 4.69. The summed E-state index contributed by atoms with van der Waals surface area (Å²) in [4.78, 5) is 0. The third-order valence-electron chi connectivity index (χ3n) is 3.55. The molecule has 0 unspecified atom stereocenters. The van der Waals surface area contributed by atoms with E-state index >= 15 is 0 Å². The van der Waals surface area contributed by atoms with Crippen molar-refractivity contribution in [2.75, 3.05) is 19.7 Å². The summed E-state index contributed by atoms with van der Waals surface area (Å²) >= 11 is 0. The summed E-state index contributed by atoms with van der Waals surface area (Å²) in [5.41, 5.74) is 0.495. The van der Waals surface area contributed by atoms with E-state index in [9.17, 15) is 0 Å². The Morgan fingerprint density at radius 1 is 1.36 bits per heavy atom. The molecule has 0 amide bonds. The molecule has 1 saturated heterocycles. The van der Waals surface area contributed by atoms with Crippen LogP contribution in [0.5, 0.6) is 0 Å². The van der Waals surface area contributed by atoms with Crippen LogP contribution in [-0.2, 0) is 0 Å². The van der Waals surface area contributed by atoms with Crippen molar-refractivity contribution in [2.45, 2.75) is 25.7 Å². The maximum atomic E-state index is 9.15. The van der Waals surface area contributed by atoms with Crippen LogP contribution in [0.1, 0.15) is 25.7 Å². The maximum Gasteiger partial charge on any atom is 0.0477 e. The monoisotopic (exact) mass is 155 g/mol. The van der Waals surface area contributed by atoms with Crippen LogP contribution < -0.4 is 5.32 Å².